The Morgan fingerprint density at radius 3 is 2.43 bits per heavy atom. The molecule has 2 rings (SSSR count). The zero-order valence-electron chi connectivity index (χ0n) is 12.9. The average molecular weight is 294 g/mol. The fourth-order valence-corrected chi connectivity index (χ4v) is 2.36. The van der Waals surface area contributed by atoms with Gasteiger partial charge in [-0.2, -0.15) is 0 Å². The molecular formula is C15H22N2O4. The van der Waals surface area contributed by atoms with Gasteiger partial charge in [0.15, 0.2) is 5.75 Å². The van der Waals surface area contributed by atoms with Gasteiger partial charge in [0, 0.05) is 30.9 Å². The number of anilines is 1. The number of ether oxygens (including phenoxy) is 1. The number of hydrogen-bond acceptors (Lipinski definition) is 5. The summed E-state index contributed by atoms with van der Waals surface area (Å²) in [5, 5.41) is 21.3. The lowest BCUT2D eigenvalue weighted by Gasteiger charge is -2.50. The lowest BCUT2D eigenvalue weighted by Crippen LogP contribution is -2.64. The van der Waals surface area contributed by atoms with Crippen LogP contribution in [0.5, 0.6) is 5.75 Å². The predicted octanol–water partition coefficient (Wildman–Crippen LogP) is 2.59. The highest BCUT2D eigenvalue weighted by molar-refractivity contribution is 5.61. The average Bonchev–Trinajstić information content (AvgIpc) is 2.33. The zero-order valence-corrected chi connectivity index (χ0v) is 12.9. The molecule has 1 aromatic carbocycles. The summed E-state index contributed by atoms with van der Waals surface area (Å²) < 4.78 is 5.53. The second-order valence-corrected chi connectivity index (χ2v) is 6.19. The Bertz CT molecular complexity index is 536. The molecule has 1 saturated heterocycles. The van der Waals surface area contributed by atoms with E-state index in [1.54, 1.807) is 12.1 Å². The Morgan fingerprint density at radius 2 is 1.95 bits per heavy atom. The van der Waals surface area contributed by atoms with Gasteiger partial charge in [-0.1, -0.05) is 13.8 Å². The number of rotatable bonds is 5. The van der Waals surface area contributed by atoms with Crippen LogP contribution in [0.2, 0.25) is 0 Å². The highest BCUT2D eigenvalue weighted by atomic mass is 16.6. The smallest absolute Gasteiger partial charge is 0.311 e. The molecule has 0 spiro atoms. The van der Waals surface area contributed by atoms with Gasteiger partial charge in [-0.25, -0.2) is 0 Å². The van der Waals surface area contributed by atoms with Crippen LogP contribution in [-0.2, 0) is 0 Å². The number of nitro groups is 1. The lowest BCUT2D eigenvalue weighted by molar-refractivity contribution is -0.386. The van der Waals surface area contributed by atoms with Crippen LogP contribution in [0.1, 0.15) is 27.7 Å². The van der Waals surface area contributed by atoms with E-state index in [-0.39, 0.29) is 23.5 Å². The zero-order chi connectivity index (χ0) is 15.8. The minimum atomic E-state index is -0.680. The molecule has 1 aliphatic heterocycles. The first-order valence-electron chi connectivity index (χ1n) is 7.15. The van der Waals surface area contributed by atoms with Crippen LogP contribution in [0.15, 0.2) is 18.2 Å². The Hall–Kier alpha value is -1.82. The molecule has 0 amide bonds. The molecule has 0 radical (unpaired) electrons. The molecule has 116 valence electrons. The maximum atomic E-state index is 11.0. The van der Waals surface area contributed by atoms with Crippen molar-refractivity contribution in [1.29, 1.82) is 0 Å². The van der Waals surface area contributed by atoms with E-state index in [4.69, 9.17) is 4.74 Å². The van der Waals surface area contributed by atoms with Gasteiger partial charge in [0.25, 0.3) is 0 Å². The van der Waals surface area contributed by atoms with Crippen molar-refractivity contribution in [3.05, 3.63) is 28.3 Å². The molecule has 6 heteroatoms. The van der Waals surface area contributed by atoms with E-state index < -0.39 is 10.5 Å². The standard InChI is InChI=1S/C15H22N2O4/c1-10(2)15(18)8-16(9-15)12-5-6-13(17(19)20)14(7-12)21-11(3)4/h5-7,10-11,18H,8-9H2,1-4H3. The van der Waals surface area contributed by atoms with E-state index in [0.29, 0.717) is 13.1 Å². The monoisotopic (exact) mass is 294 g/mol. The van der Waals surface area contributed by atoms with Gasteiger partial charge in [-0.05, 0) is 25.8 Å². The molecule has 1 fully saturated rings. The predicted molar refractivity (Wildman–Crippen MR) is 80.9 cm³/mol. The van der Waals surface area contributed by atoms with E-state index in [9.17, 15) is 15.2 Å². The first-order chi connectivity index (χ1) is 9.73. The second-order valence-electron chi connectivity index (χ2n) is 6.19. The Balaban J connectivity index is 2.21. The van der Waals surface area contributed by atoms with Crippen LogP contribution in [-0.4, -0.2) is 34.8 Å². The Kier molecular flexibility index (Phi) is 4.09. The van der Waals surface area contributed by atoms with Crippen molar-refractivity contribution in [3.8, 4) is 5.75 Å². The maximum absolute atomic E-state index is 11.0. The summed E-state index contributed by atoms with van der Waals surface area (Å²) >= 11 is 0. The molecule has 1 aliphatic rings. The van der Waals surface area contributed by atoms with Crippen LogP contribution in [0.4, 0.5) is 11.4 Å². The summed E-state index contributed by atoms with van der Waals surface area (Å²) in [5.74, 6) is 0.450. The summed E-state index contributed by atoms with van der Waals surface area (Å²) in [6.07, 6.45) is -0.136. The number of nitrogens with zero attached hydrogens (tertiary/aromatic N) is 2. The molecular weight excluding hydrogens is 272 g/mol. The molecule has 21 heavy (non-hydrogen) atoms. The van der Waals surface area contributed by atoms with Gasteiger partial charge in [-0.3, -0.25) is 10.1 Å². The van der Waals surface area contributed by atoms with Gasteiger partial charge in [0.05, 0.1) is 11.0 Å². The molecule has 0 saturated carbocycles. The topological polar surface area (TPSA) is 75.8 Å². The van der Waals surface area contributed by atoms with Crippen molar-refractivity contribution in [2.45, 2.75) is 39.4 Å². The van der Waals surface area contributed by atoms with Crippen LogP contribution < -0.4 is 9.64 Å². The third-order valence-electron chi connectivity index (χ3n) is 3.87. The van der Waals surface area contributed by atoms with E-state index in [2.05, 4.69) is 0 Å². The largest absolute Gasteiger partial charge is 0.484 e. The van der Waals surface area contributed by atoms with Crippen LogP contribution in [0, 0.1) is 16.0 Å². The third-order valence-corrected chi connectivity index (χ3v) is 3.87. The van der Waals surface area contributed by atoms with E-state index in [1.165, 1.54) is 6.07 Å². The maximum Gasteiger partial charge on any atom is 0.311 e. The van der Waals surface area contributed by atoms with Gasteiger partial charge in [-0.15, -0.1) is 0 Å². The number of aliphatic hydroxyl groups is 1. The van der Waals surface area contributed by atoms with Gasteiger partial charge in [0.2, 0.25) is 0 Å². The minimum absolute atomic E-state index is 0.0351. The summed E-state index contributed by atoms with van der Waals surface area (Å²) in [5.41, 5.74) is 0.120. The third kappa shape index (κ3) is 3.10. The minimum Gasteiger partial charge on any atom is -0.484 e. The number of β-amino-alcohol motifs (C(OH)–C–C–N with tert-alkyl or cyclic N) is 1. The summed E-state index contributed by atoms with van der Waals surface area (Å²) in [6.45, 7) is 8.70. The fourth-order valence-electron chi connectivity index (χ4n) is 2.36. The molecule has 0 aliphatic carbocycles. The molecule has 1 aromatic rings. The van der Waals surface area contributed by atoms with Gasteiger partial charge in [0.1, 0.15) is 5.60 Å². The lowest BCUT2D eigenvalue weighted by atomic mass is 9.82. The highest BCUT2D eigenvalue weighted by Crippen LogP contribution is 2.37. The summed E-state index contributed by atoms with van der Waals surface area (Å²) in [7, 11) is 0. The number of benzene rings is 1. The molecule has 6 nitrogen and oxygen atoms in total. The van der Waals surface area contributed by atoms with Crippen LogP contribution in [0.3, 0.4) is 0 Å². The van der Waals surface area contributed by atoms with Crippen LogP contribution in [0.25, 0.3) is 0 Å². The van der Waals surface area contributed by atoms with E-state index in [1.807, 2.05) is 32.6 Å². The van der Waals surface area contributed by atoms with E-state index in [0.717, 1.165) is 5.69 Å². The summed E-state index contributed by atoms with van der Waals surface area (Å²) in [6, 6.07) is 4.84. The Labute approximate surface area is 124 Å². The van der Waals surface area contributed by atoms with Gasteiger partial charge < -0.3 is 14.7 Å². The van der Waals surface area contributed by atoms with Crippen molar-refractivity contribution >= 4 is 11.4 Å². The van der Waals surface area contributed by atoms with Crippen LogP contribution >= 0.6 is 0 Å². The SMILES string of the molecule is CC(C)Oc1cc(N2CC(O)(C(C)C)C2)ccc1[N+](=O)[O-]. The van der Waals surface area contributed by atoms with Crippen molar-refractivity contribution in [3.63, 3.8) is 0 Å². The first kappa shape index (κ1) is 15.6. The van der Waals surface area contributed by atoms with Crippen molar-refractivity contribution in [2.24, 2.45) is 5.92 Å². The van der Waals surface area contributed by atoms with E-state index >= 15 is 0 Å². The first-order valence-corrected chi connectivity index (χ1v) is 7.15. The molecule has 1 N–H and O–H groups in total. The Morgan fingerprint density at radius 1 is 1.33 bits per heavy atom. The second kappa shape index (κ2) is 5.52. The highest BCUT2D eigenvalue weighted by Gasteiger charge is 2.44. The normalized spacial score (nSPS) is 17.0. The van der Waals surface area contributed by atoms with Crippen molar-refractivity contribution < 1.29 is 14.8 Å². The molecule has 0 unspecified atom stereocenters. The number of nitro benzene ring substituents is 1. The van der Waals surface area contributed by atoms with Gasteiger partial charge >= 0.3 is 5.69 Å². The molecule has 0 bridgehead atoms. The quantitative estimate of drug-likeness (QED) is 0.667. The fraction of sp³-hybridized carbons (Fsp3) is 0.600. The van der Waals surface area contributed by atoms with Crippen molar-refractivity contribution in [2.75, 3.05) is 18.0 Å². The molecule has 0 atom stereocenters. The molecule has 1 heterocycles. The summed E-state index contributed by atoms with van der Waals surface area (Å²) in [4.78, 5) is 12.6. The number of hydrogen-bond donors (Lipinski definition) is 1. The molecule has 0 aromatic heterocycles. The van der Waals surface area contributed by atoms with Crippen molar-refractivity contribution in [1.82, 2.24) is 0 Å².